The standard InChI is InChI=1S/C14H15NO3/c1-8-6-9-2-3-13(16)10(9)7-12(8)15-5-4-11(15)14(17)18/h6-7,11H,2-5H2,1H3,(H,17,18). The number of carboxylic acids is 1. The number of carbonyl (C=O) groups is 2. The molecule has 3 rings (SSSR count). The van der Waals surface area contributed by atoms with Crippen LogP contribution < -0.4 is 4.90 Å². The van der Waals surface area contributed by atoms with E-state index >= 15 is 0 Å². The Bertz CT molecular complexity index is 550. The van der Waals surface area contributed by atoms with Gasteiger partial charge in [0.2, 0.25) is 0 Å². The van der Waals surface area contributed by atoms with Crippen LogP contribution in [-0.2, 0) is 11.2 Å². The maximum absolute atomic E-state index is 11.7. The molecule has 18 heavy (non-hydrogen) atoms. The van der Waals surface area contributed by atoms with Crippen LogP contribution in [0.3, 0.4) is 0 Å². The van der Waals surface area contributed by atoms with Gasteiger partial charge in [-0.3, -0.25) is 4.79 Å². The second-order valence-electron chi connectivity index (χ2n) is 5.06. The first-order chi connectivity index (χ1) is 8.58. The topological polar surface area (TPSA) is 57.6 Å². The molecule has 0 bridgehead atoms. The summed E-state index contributed by atoms with van der Waals surface area (Å²) in [6.45, 7) is 2.74. The number of ketones is 1. The van der Waals surface area contributed by atoms with Gasteiger partial charge in [-0.2, -0.15) is 0 Å². The van der Waals surface area contributed by atoms with Gasteiger partial charge in [-0.15, -0.1) is 0 Å². The molecule has 0 spiro atoms. The van der Waals surface area contributed by atoms with Crippen molar-refractivity contribution in [2.24, 2.45) is 0 Å². The second-order valence-corrected chi connectivity index (χ2v) is 5.06. The number of anilines is 1. The minimum absolute atomic E-state index is 0.179. The van der Waals surface area contributed by atoms with Crippen LogP contribution in [0.1, 0.15) is 34.3 Å². The number of carbonyl (C=O) groups excluding carboxylic acids is 1. The third kappa shape index (κ3) is 1.52. The number of nitrogens with zero attached hydrogens (tertiary/aromatic N) is 1. The van der Waals surface area contributed by atoms with E-state index in [2.05, 4.69) is 0 Å². The number of aliphatic carboxylic acids is 1. The van der Waals surface area contributed by atoms with Crippen molar-refractivity contribution in [1.82, 2.24) is 0 Å². The quantitative estimate of drug-likeness (QED) is 0.863. The molecule has 2 aliphatic rings. The van der Waals surface area contributed by atoms with Gasteiger partial charge >= 0.3 is 5.97 Å². The number of hydrogen-bond acceptors (Lipinski definition) is 3. The van der Waals surface area contributed by atoms with E-state index in [4.69, 9.17) is 5.11 Å². The first-order valence-electron chi connectivity index (χ1n) is 6.24. The van der Waals surface area contributed by atoms with Crippen LogP contribution in [-0.4, -0.2) is 29.4 Å². The van der Waals surface area contributed by atoms with Crippen molar-refractivity contribution in [3.8, 4) is 0 Å². The number of benzene rings is 1. The van der Waals surface area contributed by atoms with Crippen molar-refractivity contribution >= 4 is 17.4 Å². The number of fused-ring (bicyclic) bond motifs is 1. The number of hydrogen-bond donors (Lipinski definition) is 1. The summed E-state index contributed by atoms with van der Waals surface area (Å²) in [7, 11) is 0. The molecule has 1 aliphatic carbocycles. The molecule has 1 heterocycles. The van der Waals surface area contributed by atoms with Crippen LogP contribution in [0.25, 0.3) is 0 Å². The van der Waals surface area contributed by atoms with Crippen molar-refractivity contribution in [2.45, 2.75) is 32.2 Å². The number of Topliss-reactive ketones (excluding diaryl/α,β-unsaturated/α-hetero) is 1. The molecule has 1 unspecified atom stereocenters. The van der Waals surface area contributed by atoms with Gasteiger partial charge in [-0.05, 0) is 37.0 Å². The Morgan fingerprint density at radius 3 is 2.78 bits per heavy atom. The average molecular weight is 245 g/mol. The van der Waals surface area contributed by atoms with Crippen LogP contribution in [0.15, 0.2) is 12.1 Å². The largest absolute Gasteiger partial charge is 0.480 e. The van der Waals surface area contributed by atoms with Crippen LogP contribution in [0.2, 0.25) is 0 Å². The normalized spacial score (nSPS) is 21.7. The number of aryl methyl sites for hydroxylation is 2. The Labute approximate surface area is 105 Å². The minimum Gasteiger partial charge on any atom is -0.480 e. The van der Waals surface area contributed by atoms with E-state index in [1.165, 1.54) is 0 Å². The van der Waals surface area contributed by atoms with Gasteiger partial charge in [0.25, 0.3) is 0 Å². The monoisotopic (exact) mass is 245 g/mol. The third-order valence-electron chi connectivity index (χ3n) is 3.96. The first-order valence-corrected chi connectivity index (χ1v) is 6.24. The molecule has 4 heteroatoms. The molecule has 0 amide bonds. The summed E-state index contributed by atoms with van der Waals surface area (Å²) in [6, 6.07) is 3.49. The summed E-state index contributed by atoms with van der Waals surface area (Å²) in [5.41, 5.74) is 3.86. The summed E-state index contributed by atoms with van der Waals surface area (Å²) in [5, 5.41) is 9.09. The highest BCUT2D eigenvalue weighted by molar-refractivity contribution is 6.01. The molecule has 1 fully saturated rings. The van der Waals surface area contributed by atoms with Crippen molar-refractivity contribution in [1.29, 1.82) is 0 Å². The SMILES string of the molecule is Cc1cc2c(cc1N1CCC1C(=O)O)C(=O)CC2. The van der Waals surface area contributed by atoms with Crippen molar-refractivity contribution < 1.29 is 14.7 Å². The molecule has 0 aromatic heterocycles. The zero-order valence-corrected chi connectivity index (χ0v) is 10.3. The minimum atomic E-state index is -0.785. The Morgan fingerprint density at radius 1 is 1.39 bits per heavy atom. The maximum atomic E-state index is 11.7. The van der Waals surface area contributed by atoms with E-state index in [-0.39, 0.29) is 5.78 Å². The highest BCUT2D eigenvalue weighted by atomic mass is 16.4. The Balaban J connectivity index is 2.00. The molecule has 1 atom stereocenters. The van der Waals surface area contributed by atoms with E-state index in [9.17, 15) is 9.59 Å². The Kier molecular flexibility index (Phi) is 2.40. The summed E-state index contributed by atoms with van der Waals surface area (Å²) in [4.78, 5) is 24.7. The lowest BCUT2D eigenvalue weighted by molar-refractivity contribution is -0.139. The van der Waals surface area contributed by atoms with E-state index in [1.54, 1.807) is 0 Å². The lowest BCUT2D eigenvalue weighted by Crippen LogP contribution is -2.52. The summed E-state index contributed by atoms with van der Waals surface area (Å²) < 4.78 is 0. The van der Waals surface area contributed by atoms with E-state index in [0.29, 0.717) is 12.8 Å². The fourth-order valence-electron chi connectivity index (χ4n) is 2.85. The summed E-state index contributed by atoms with van der Waals surface area (Å²) in [6.07, 6.45) is 2.08. The Hall–Kier alpha value is -1.84. The summed E-state index contributed by atoms with van der Waals surface area (Å²) >= 11 is 0. The fourth-order valence-corrected chi connectivity index (χ4v) is 2.85. The number of carboxylic acid groups (broad SMARTS) is 1. The van der Waals surface area contributed by atoms with Gasteiger partial charge in [0.1, 0.15) is 6.04 Å². The molecule has 0 radical (unpaired) electrons. The molecular formula is C14H15NO3. The third-order valence-corrected chi connectivity index (χ3v) is 3.96. The van der Waals surface area contributed by atoms with E-state index < -0.39 is 12.0 Å². The molecule has 1 saturated heterocycles. The van der Waals surface area contributed by atoms with Crippen LogP contribution in [0, 0.1) is 6.92 Å². The molecule has 1 aromatic rings. The molecule has 94 valence electrons. The number of rotatable bonds is 2. The van der Waals surface area contributed by atoms with E-state index in [1.807, 2.05) is 24.0 Å². The average Bonchev–Trinajstić information content (AvgIpc) is 2.58. The molecule has 0 saturated carbocycles. The van der Waals surface area contributed by atoms with Crippen molar-refractivity contribution in [3.63, 3.8) is 0 Å². The lowest BCUT2D eigenvalue weighted by atomic mass is 9.97. The second kappa shape index (κ2) is 3.83. The predicted octanol–water partition coefficient (Wildman–Crippen LogP) is 1.79. The summed E-state index contributed by atoms with van der Waals surface area (Å²) in [5.74, 6) is -0.605. The van der Waals surface area contributed by atoms with Crippen molar-refractivity contribution in [2.75, 3.05) is 11.4 Å². The van der Waals surface area contributed by atoms with E-state index in [0.717, 1.165) is 35.3 Å². The maximum Gasteiger partial charge on any atom is 0.326 e. The van der Waals surface area contributed by atoms with Crippen LogP contribution in [0.5, 0.6) is 0 Å². The van der Waals surface area contributed by atoms with Gasteiger partial charge in [0.05, 0.1) is 0 Å². The molecule has 1 aromatic carbocycles. The van der Waals surface area contributed by atoms with Crippen molar-refractivity contribution in [3.05, 3.63) is 28.8 Å². The zero-order chi connectivity index (χ0) is 12.9. The Morgan fingerprint density at radius 2 is 2.17 bits per heavy atom. The first kappa shape index (κ1) is 11.3. The highest BCUT2D eigenvalue weighted by Gasteiger charge is 2.35. The van der Waals surface area contributed by atoms with Crippen LogP contribution in [0.4, 0.5) is 5.69 Å². The molecular weight excluding hydrogens is 230 g/mol. The van der Waals surface area contributed by atoms with Gasteiger partial charge in [0.15, 0.2) is 5.78 Å². The van der Waals surface area contributed by atoms with Gasteiger partial charge in [-0.25, -0.2) is 4.79 Å². The fraction of sp³-hybridized carbons (Fsp3) is 0.429. The van der Waals surface area contributed by atoms with Gasteiger partial charge < -0.3 is 10.0 Å². The highest BCUT2D eigenvalue weighted by Crippen LogP contribution is 2.34. The van der Waals surface area contributed by atoms with Gasteiger partial charge in [0, 0.05) is 24.2 Å². The zero-order valence-electron chi connectivity index (χ0n) is 10.3. The molecule has 4 nitrogen and oxygen atoms in total. The van der Waals surface area contributed by atoms with Crippen LogP contribution >= 0.6 is 0 Å². The van der Waals surface area contributed by atoms with Gasteiger partial charge in [-0.1, -0.05) is 6.07 Å². The molecule has 1 aliphatic heterocycles. The predicted molar refractivity (Wildman–Crippen MR) is 67.2 cm³/mol. The smallest absolute Gasteiger partial charge is 0.326 e. The lowest BCUT2D eigenvalue weighted by Gasteiger charge is -2.41. The molecule has 1 N–H and O–H groups in total.